The summed E-state index contributed by atoms with van der Waals surface area (Å²) in [6.07, 6.45) is 1.65. The molecule has 0 aliphatic heterocycles. The molecule has 0 fully saturated rings. The molecule has 1 nitrogen and oxygen atoms in total. The number of hydrogen-bond acceptors (Lipinski definition) is 1. The number of rotatable bonds is 1. The lowest BCUT2D eigenvalue weighted by Crippen LogP contribution is -1.98. The van der Waals surface area contributed by atoms with E-state index < -0.39 is 0 Å². The minimum atomic E-state index is -0.164. The second-order valence-corrected chi connectivity index (χ2v) is 2.98. The van der Waals surface area contributed by atoms with Crippen LogP contribution in [-0.4, -0.2) is 4.98 Å². The summed E-state index contributed by atoms with van der Waals surface area (Å²) < 4.78 is 13.2. The summed E-state index contributed by atoms with van der Waals surface area (Å²) in [6.45, 7) is 5.62. The Kier molecular flexibility index (Phi) is 2.22. The molecule has 0 unspecified atom stereocenters. The van der Waals surface area contributed by atoms with E-state index in [2.05, 4.69) is 4.98 Å². The molecular formula is C9H12FN. The zero-order chi connectivity index (χ0) is 8.43. The van der Waals surface area contributed by atoms with Crippen LogP contribution in [0.5, 0.6) is 0 Å². The molecule has 11 heavy (non-hydrogen) atoms. The number of nitrogens with zero attached hydrogens (tertiary/aromatic N) is 1. The summed E-state index contributed by atoms with van der Waals surface area (Å²) in [6, 6.07) is 1.68. The van der Waals surface area contributed by atoms with Crippen LogP contribution < -0.4 is 0 Å². The van der Waals surface area contributed by atoms with Crippen molar-refractivity contribution in [1.82, 2.24) is 4.98 Å². The van der Waals surface area contributed by atoms with Gasteiger partial charge in [-0.15, -0.1) is 0 Å². The van der Waals surface area contributed by atoms with Crippen LogP contribution in [0.15, 0.2) is 12.3 Å². The van der Waals surface area contributed by atoms with E-state index in [-0.39, 0.29) is 11.7 Å². The minimum absolute atomic E-state index is 0.162. The molecule has 0 aliphatic rings. The Morgan fingerprint density at radius 3 is 2.55 bits per heavy atom. The second-order valence-electron chi connectivity index (χ2n) is 2.98. The Labute approximate surface area is 66.3 Å². The predicted octanol–water partition coefficient (Wildman–Crippen LogP) is 2.65. The highest BCUT2D eigenvalue weighted by Gasteiger charge is 2.08. The van der Waals surface area contributed by atoms with Gasteiger partial charge in [0.1, 0.15) is 5.82 Å². The summed E-state index contributed by atoms with van der Waals surface area (Å²) in [5, 5.41) is 0. The summed E-state index contributed by atoms with van der Waals surface area (Å²) in [4.78, 5) is 3.96. The van der Waals surface area contributed by atoms with Crippen molar-refractivity contribution in [2.75, 3.05) is 0 Å². The Hall–Kier alpha value is -0.920. The van der Waals surface area contributed by atoms with Crippen molar-refractivity contribution in [1.29, 1.82) is 0 Å². The van der Waals surface area contributed by atoms with Crippen LogP contribution in [0.3, 0.4) is 0 Å². The van der Waals surface area contributed by atoms with Gasteiger partial charge in [0.05, 0.1) is 5.69 Å². The highest BCUT2D eigenvalue weighted by Crippen LogP contribution is 2.17. The maximum Gasteiger partial charge on any atom is 0.147 e. The van der Waals surface area contributed by atoms with Gasteiger partial charge < -0.3 is 0 Å². The summed E-state index contributed by atoms with van der Waals surface area (Å²) >= 11 is 0. The maximum absolute atomic E-state index is 13.2. The van der Waals surface area contributed by atoms with E-state index in [0.717, 1.165) is 0 Å². The highest BCUT2D eigenvalue weighted by atomic mass is 19.1. The van der Waals surface area contributed by atoms with Gasteiger partial charge in [-0.2, -0.15) is 0 Å². The van der Waals surface area contributed by atoms with Gasteiger partial charge in [0.2, 0.25) is 0 Å². The van der Waals surface area contributed by atoms with Gasteiger partial charge in [-0.05, 0) is 24.5 Å². The molecule has 1 rings (SSSR count). The van der Waals surface area contributed by atoms with Crippen molar-refractivity contribution in [3.05, 3.63) is 29.3 Å². The molecule has 0 radical (unpaired) electrons. The third kappa shape index (κ3) is 1.56. The van der Waals surface area contributed by atoms with E-state index in [1.807, 2.05) is 13.8 Å². The molecule has 0 aliphatic carbocycles. The fourth-order valence-electron chi connectivity index (χ4n) is 0.964. The number of aryl methyl sites for hydroxylation is 1. The number of pyridine rings is 1. The summed E-state index contributed by atoms with van der Waals surface area (Å²) in [7, 11) is 0. The predicted molar refractivity (Wildman–Crippen MR) is 43.0 cm³/mol. The smallest absolute Gasteiger partial charge is 0.147 e. The molecule has 0 spiro atoms. The van der Waals surface area contributed by atoms with Crippen molar-refractivity contribution in [2.45, 2.75) is 26.7 Å². The van der Waals surface area contributed by atoms with Crippen molar-refractivity contribution >= 4 is 0 Å². The normalized spacial score (nSPS) is 10.6. The minimum Gasteiger partial charge on any atom is -0.258 e. The van der Waals surface area contributed by atoms with Crippen LogP contribution >= 0.6 is 0 Å². The van der Waals surface area contributed by atoms with Crippen LogP contribution in [0, 0.1) is 12.7 Å². The Morgan fingerprint density at radius 1 is 1.45 bits per heavy atom. The molecule has 0 N–H and O–H groups in total. The Balaban J connectivity index is 3.17. The number of hydrogen-bond donors (Lipinski definition) is 0. The lowest BCUT2D eigenvalue weighted by Gasteiger charge is -2.06. The standard InChI is InChI=1S/C9H12FN/c1-6(2)9-8(10)7(3)4-5-11-9/h4-6H,1-3H3. The molecule has 60 valence electrons. The van der Waals surface area contributed by atoms with E-state index in [0.29, 0.717) is 11.3 Å². The van der Waals surface area contributed by atoms with Gasteiger partial charge >= 0.3 is 0 Å². The van der Waals surface area contributed by atoms with Crippen molar-refractivity contribution in [3.8, 4) is 0 Å². The van der Waals surface area contributed by atoms with Crippen molar-refractivity contribution < 1.29 is 4.39 Å². The van der Waals surface area contributed by atoms with E-state index in [4.69, 9.17) is 0 Å². The lowest BCUT2D eigenvalue weighted by molar-refractivity contribution is 0.576. The van der Waals surface area contributed by atoms with Gasteiger partial charge in [0.15, 0.2) is 0 Å². The molecule has 1 aromatic heterocycles. The third-order valence-corrected chi connectivity index (χ3v) is 1.66. The van der Waals surface area contributed by atoms with E-state index in [1.54, 1.807) is 19.2 Å². The van der Waals surface area contributed by atoms with Crippen LogP contribution in [0.4, 0.5) is 4.39 Å². The Bertz CT molecular complexity index is 256. The van der Waals surface area contributed by atoms with Crippen molar-refractivity contribution in [2.24, 2.45) is 0 Å². The molecule has 0 aromatic carbocycles. The molecule has 0 bridgehead atoms. The van der Waals surface area contributed by atoms with Crippen LogP contribution in [0.2, 0.25) is 0 Å². The molecule has 0 atom stereocenters. The molecule has 0 saturated carbocycles. The van der Waals surface area contributed by atoms with Gasteiger partial charge in [-0.1, -0.05) is 13.8 Å². The first-order valence-electron chi connectivity index (χ1n) is 3.74. The first-order valence-corrected chi connectivity index (χ1v) is 3.74. The monoisotopic (exact) mass is 153 g/mol. The van der Waals surface area contributed by atoms with Crippen LogP contribution in [0.25, 0.3) is 0 Å². The number of halogens is 1. The molecule has 2 heteroatoms. The first kappa shape index (κ1) is 8.18. The van der Waals surface area contributed by atoms with Gasteiger partial charge in [0.25, 0.3) is 0 Å². The summed E-state index contributed by atoms with van der Waals surface area (Å²) in [5.41, 5.74) is 1.23. The zero-order valence-corrected chi connectivity index (χ0v) is 7.06. The molecule has 0 amide bonds. The molecule has 0 saturated heterocycles. The third-order valence-electron chi connectivity index (χ3n) is 1.66. The molecule has 1 aromatic rings. The average Bonchev–Trinajstić information content (AvgIpc) is 1.94. The molecular weight excluding hydrogens is 141 g/mol. The van der Waals surface area contributed by atoms with Crippen molar-refractivity contribution in [3.63, 3.8) is 0 Å². The Morgan fingerprint density at radius 2 is 2.09 bits per heavy atom. The average molecular weight is 153 g/mol. The second kappa shape index (κ2) is 2.99. The van der Waals surface area contributed by atoms with Gasteiger partial charge in [-0.25, -0.2) is 4.39 Å². The summed E-state index contributed by atoms with van der Waals surface area (Å²) in [5.74, 6) is -0.00241. The largest absolute Gasteiger partial charge is 0.258 e. The van der Waals surface area contributed by atoms with Gasteiger partial charge in [0, 0.05) is 6.20 Å². The van der Waals surface area contributed by atoms with E-state index in [9.17, 15) is 4.39 Å². The fraction of sp³-hybridized carbons (Fsp3) is 0.444. The topological polar surface area (TPSA) is 12.9 Å². The van der Waals surface area contributed by atoms with E-state index >= 15 is 0 Å². The molecule has 1 heterocycles. The maximum atomic E-state index is 13.2. The number of aromatic nitrogens is 1. The zero-order valence-electron chi connectivity index (χ0n) is 7.06. The quantitative estimate of drug-likeness (QED) is 0.604. The van der Waals surface area contributed by atoms with Gasteiger partial charge in [-0.3, -0.25) is 4.98 Å². The van der Waals surface area contributed by atoms with E-state index in [1.165, 1.54) is 0 Å². The SMILES string of the molecule is Cc1ccnc(C(C)C)c1F. The first-order chi connectivity index (χ1) is 5.13. The highest BCUT2D eigenvalue weighted by molar-refractivity contribution is 5.19. The van der Waals surface area contributed by atoms with Crippen LogP contribution in [0.1, 0.15) is 31.0 Å². The lowest BCUT2D eigenvalue weighted by atomic mass is 10.1. The fourth-order valence-corrected chi connectivity index (χ4v) is 0.964. The van der Waals surface area contributed by atoms with Crippen LogP contribution in [-0.2, 0) is 0 Å².